The van der Waals surface area contributed by atoms with Gasteiger partial charge in [0.15, 0.2) is 17.5 Å². The molecule has 8 nitrogen and oxygen atoms in total. The van der Waals surface area contributed by atoms with Crippen LogP contribution in [0.15, 0.2) is 4.99 Å². The average molecular weight is 393 g/mol. The van der Waals surface area contributed by atoms with Gasteiger partial charge in [0.2, 0.25) is 5.75 Å². The molecule has 0 aliphatic rings. The summed E-state index contributed by atoms with van der Waals surface area (Å²) in [5, 5.41) is 5.01. The molecule has 4 N–H and O–H groups in total. The normalized spacial score (nSPS) is 11.0. The Morgan fingerprint density at radius 1 is 1.00 bits per heavy atom. The van der Waals surface area contributed by atoms with Gasteiger partial charge in [0.25, 0.3) is 0 Å². The number of carbonyl (C=O) groups is 1. The Kier molecular flexibility index (Phi) is 8.44. The molecule has 0 atom stereocenters. The van der Waals surface area contributed by atoms with Crippen LogP contribution in [0.5, 0.6) is 17.2 Å². The molecule has 25 heavy (non-hydrogen) atoms. The fraction of sp³-hybridized carbons (Fsp3) is 0.467. The summed E-state index contributed by atoms with van der Waals surface area (Å²) < 4.78 is 16.7. The fourth-order valence-corrected chi connectivity index (χ4v) is 2.49. The van der Waals surface area contributed by atoms with Gasteiger partial charge in [-0.25, -0.2) is 4.79 Å². The van der Waals surface area contributed by atoms with Crippen LogP contribution in [-0.4, -0.2) is 38.9 Å². The molecule has 0 radical (unpaired) electrons. The molecular weight excluding hydrogens is 371 g/mol. The Balaban J connectivity index is 3.43. The van der Waals surface area contributed by atoms with Crippen LogP contribution in [0.1, 0.15) is 20.8 Å². The van der Waals surface area contributed by atoms with Crippen LogP contribution in [0.25, 0.3) is 0 Å². The Morgan fingerprint density at radius 2 is 1.44 bits per heavy atom. The Bertz CT molecular complexity index is 620. The highest BCUT2D eigenvalue weighted by molar-refractivity contribution is 6.42. The Morgan fingerprint density at radius 3 is 1.84 bits per heavy atom. The lowest BCUT2D eigenvalue weighted by molar-refractivity contribution is 0.255. The number of nitrogens with zero attached hydrogens (tertiary/aromatic N) is 1. The third-order valence-electron chi connectivity index (χ3n) is 2.84. The Hall–Kier alpha value is -2.06. The predicted octanol–water partition coefficient (Wildman–Crippen LogP) is 3.26. The average Bonchev–Trinajstić information content (AvgIpc) is 2.58. The topological polar surface area (TPSA) is 107 Å². The molecule has 2 amide bonds. The molecule has 10 heteroatoms. The molecule has 0 saturated heterocycles. The van der Waals surface area contributed by atoms with Crippen molar-refractivity contribution < 1.29 is 19.0 Å². The molecule has 0 bridgehead atoms. The Labute approximate surface area is 156 Å². The first-order valence-corrected chi connectivity index (χ1v) is 8.40. The van der Waals surface area contributed by atoms with E-state index in [-0.39, 0.29) is 38.9 Å². The fourth-order valence-electron chi connectivity index (χ4n) is 1.87. The lowest BCUT2D eigenvalue weighted by atomic mass is 10.2. The van der Waals surface area contributed by atoms with Crippen LogP contribution in [0, 0.1) is 0 Å². The third-order valence-corrected chi connectivity index (χ3v) is 3.56. The van der Waals surface area contributed by atoms with Crippen molar-refractivity contribution in [2.45, 2.75) is 20.8 Å². The number of urea groups is 1. The summed E-state index contributed by atoms with van der Waals surface area (Å²) >= 11 is 12.7. The highest BCUT2D eigenvalue weighted by atomic mass is 35.5. The number of benzene rings is 1. The van der Waals surface area contributed by atoms with Crippen molar-refractivity contribution in [2.75, 3.05) is 32.2 Å². The number of carbonyl (C=O) groups excluding carboxylic acids is 1. The SMILES string of the molecule is CCOc1c(Cl)c(NC(=O)NC(N)=NC)c(Cl)c(OCC)c1OCC. The maximum atomic E-state index is 12.0. The maximum Gasteiger partial charge on any atom is 0.326 e. The summed E-state index contributed by atoms with van der Waals surface area (Å²) in [6.07, 6.45) is 0. The minimum atomic E-state index is -0.666. The van der Waals surface area contributed by atoms with Crippen LogP contribution < -0.4 is 30.6 Å². The first-order chi connectivity index (χ1) is 11.9. The molecule has 0 aromatic heterocycles. The monoisotopic (exact) mass is 392 g/mol. The van der Waals surface area contributed by atoms with Gasteiger partial charge in [0, 0.05) is 7.05 Å². The van der Waals surface area contributed by atoms with E-state index in [1.54, 1.807) is 20.8 Å². The minimum absolute atomic E-state index is 0.0641. The smallest absolute Gasteiger partial charge is 0.326 e. The van der Waals surface area contributed by atoms with Crippen molar-refractivity contribution in [1.82, 2.24) is 5.32 Å². The van der Waals surface area contributed by atoms with Gasteiger partial charge in [-0.15, -0.1) is 0 Å². The molecule has 1 aromatic rings. The van der Waals surface area contributed by atoms with Crippen LogP contribution in [0.3, 0.4) is 0 Å². The van der Waals surface area contributed by atoms with E-state index in [0.29, 0.717) is 19.8 Å². The van der Waals surface area contributed by atoms with Gasteiger partial charge in [-0.2, -0.15) is 0 Å². The van der Waals surface area contributed by atoms with Gasteiger partial charge in [-0.05, 0) is 20.8 Å². The van der Waals surface area contributed by atoms with Crippen molar-refractivity contribution in [3.63, 3.8) is 0 Å². The molecular formula is C15H22Cl2N4O4. The molecule has 1 rings (SSSR count). The molecule has 0 heterocycles. The molecule has 0 unspecified atom stereocenters. The summed E-state index contributed by atoms with van der Waals surface area (Å²) in [4.78, 5) is 15.7. The van der Waals surface area contributed by atoms with Gasteiger partial charge in [0.1, 0.15) is 10.0 Å². The van der Waals surface area contributed by atoms with E-state index in [1.165, 1.54) is 7.05 Å². The quantitative estimate of drug-likeness (QED) is 0.487. The largest absolute Gasteiger partial charge is 0.488 e. The minimum Gasteiger partial charge on any atom is -0.488 e. The van der Waals surface area contributed by atoms with Crippen molar-refractivity contribution in [3.05, 3.63) is 10.0 Å². The highest BCUT2D eigenvalue weighted by Gasteiger charge is 2.27. The van der Waals surface area contributed by atoms with E-state index in [2.05, 4.69) is 15.6 Å². The van der Waals surface area contributed by atoms with Gasteiger partial charge < -0.3 is 25.3 Å². The number of hydrogen-bond donors (Lipinski definition) is 3. The third kappa shape index (κ3) is 5.20. The predicted molar refractivity (Wildman–Crippen MR) is 99.7 cm³/mol. The second-order valence-electron chi connectivity index (χ2n) is 4.48. The molecule has 0 spiro atoms. The summed E-state index contributed by atoms with van der Waals surface area (Å²) in [5.41, 5.74) is 5.58. The first-order valence-electron chi connectivity index (χ1n) is 7.64. The zero-order valence-electron chi connectivity index (χ0n) is 14.5. The zero-order valence-corrected chi connectivity index (χ0v) is 16.0. The number of aliphatic imine (C=N–C) groups is 1. The number of anilines is 1. The van der Waals surface area contributed by atoms with Crippen molar-refractivity contribution in [1.29, 1.82) is 0 Å². The van der Waals surface area contributed by atoms with Crippen LogP contribution >= 0.6 is 23.2 Å². The lowest BCUT2D eigenvalue weighted by Gasteiger charge is -2.21. The number of ether oxygens (including phenoxy) is 3. The van der Waals surface area contributed by atoms with Crippen molar-refractivity contribution in [2.24, 2.45) is 10.7 Å². The molecule has 1 aromatic carbocycles. The molecule has 0 aliphatic carbocycles. The molecule has 0 saturated carbocycles. The van der Waals surface area contributed by atoms with E-state index < -0.39 is 6.03 Å². The van der Waals surface area contributed by atoms with Gasteiger partial charge in [-0.3, -0.25) is 10.3 Å². The van der Waals surface area contributed by atoms with Gasteiger partial charge in [0.05, 0.1) is 25.5 Å². The highest BCUT2D eigenvalue weighted by Crippen LogP contribution is 2.52. The number of rotatable bonds is 7. The van der Waals surface area contributed by atoms with Crippen molar-refractivity contribution in [3.8, 4) is 17.2 Å². The molecule has 0 fully saturated rings. The van der Waals surface area contributed by atoms with E-state index in [4.69, 9.17) is 43.1 Å². The molecule has 140 valence electrons. The van der Waals surface area contributed by atoms with E-state index in [1.807, 2.05) is 0 Å². The summed E-state index contributed by atoms with van der Waals surface area (Å²) in [7, 11) is 1.44. The first kappa shape index (κ1) is 21.0. The summed E-state index contributed by atoms with van der Waals surface area (Å²) in [6, 6.07) is -0.666. The standard InChI is InChI=1S/C15H22Cl2N4O4/c1-5-23-11-8(16)10(20-15(22)21-14(18)19-4)9(17)12(24-6-2)13(11)25-7-3/h5-7H2,1-4H3,(H4,18,19,20,21,22). The van der Waals surface area contributed by atoms with Gasteiger partial charge in [-0.1, -0.05) is 23.2 Å². The summed E-state index contributed by atoms with van der Waals surface area (Å²) in [6.45, 7) is 6.39. The lowest BCUT2D eigenvalue weighted by Crippen LogP contribution is -2.39. The second-order valence-corrected chi connectivity index (χ2v) is 5.23. The van der Waals surface area contributed by atoms with E-state index in [0.717, 1.165) is 0 Å². The van der Waals surface area contributed by atoms with E-state index in [9.17, 15) is 4.79 Å². The number of guanidine groups is 1. The number of hydrogen-bond acceptors (Lipinski definition) is 5. The number of nitrogens with one attached hydrogen (secondary N) is 2. The van der Waals surface area contributed by atoms with Crippen LogP contribution in [0.2, 0.25) is 10.0 Å². The van der Waals surface area contributed by atoms with E-state index >= 15 is 0 Å². The summed E-state index contributed by atoms with van der Waals surface area (Å²) in [5.74, 6) is 0.671. The number of amides is 2. The zero-order chi connectivity index (χ0) is 19.0. The second kappa shape index (κ2) is 10.0. The molecule has 0 aliphatic heterocycles. The number of halogens is 2. The van der Waals surface area contributed by atoms with Crippen LogP contribution in [-0.2, 0) is 0 Å². The van der Waals surface area contributed by atoms with Crippen LogP contribution in [0.4, 0.5) is 10.5 Å². The van der Waals surface area contributed by atoms with Gasteiger partial charge >= 0.3 is 6.03 Å². The van der Waals surface area contributed by atoms with Crippen molar-refractivity contribution >= 4 is 40.9 Å². The maximum absolute atomic E-state index is 12.0. The number of nitrogens with two attached hydrogens (primary N) is 1.